The third-order valence-electron chi connectivity index (χ3n) is 2.99. The Morgan fingerprint density at radius 3 is 2.00 bits per heavy atom. The van der Waals surface area contributed by atoms with Crippen LogP contribution in [0, 0.1) is 11.3 Å². The molecule has 0 fully saturated rings. The van der Waals surface area contributed by atoms with Gasteiger partial charge >= 0.3 is 0 Å². The summed E-state index contributed by atoms with van der Waals surface area (Å²) in [4.78, 5) is 0. The molecular formula is C16H11N3. The first kappa shape index (κ1) is 11.2. The highest BCUT2D eigenvalue weighted by Gasteiger charge is 2.15. The highest BCUT2D eigenvalue weighted by Crippen LogP contribution is 2.29. The smallest absolute Gasteiger partial charge is 0.110 e. The van der Waals surface area contributed by atoms with Crippen molar-refractivity contribution >= 4 is 0 Å². The first-order valence-electron chi connectivity index (χ1n) is 5.99. The van der Waals surface area contributed by atoms with Crippen molar-refractivity contribution in [2.75, 3.05) is 0 Å². The third-order valence-corrected chi connectivity index (χ3v) is 2.99. The number of benzene rings is 2. The number of aromatic amines is 1. The summed E-state index contributed by atoms with van der Waals surface area (Å²) in [5.74, 6) is 0. The zero-order valence-corrected chi connectivity index (χ0v) is 10.2. The quantitative estimate of drug-likeness (QED) is 0.749. The van der Waals surface area contributed by atoms with Crippen LogP contribution in [0.25, 0.3) is 22.5 Å². The molecule has 0 aliphatic carbocycles. The monoisotopic (exact) mass is 245 g/mol. The van der Waals surface area contributed by atoms with Crippen LogP contribution in [0.15, 0.2) is 60.7 Å². The van der Waals surface area contributed by atoms with Crippen LogP contribution in [0.4, 0.5) is 0 Å². The molecule has 0 amide bonds. The third kappa shape index (κ3) is 2.00. The van der Waals surface area contributed by atoms with Crippen molar-refractivity contribution in [3.05, 3.63) is 66.2 Å². The molecule has 0 aliphatic rings. The highest BCUT2D eigenvalue weighted by molar-refractivity contribution is 5.77. The Kier molecular flexibility index (Phi) is 2.83. The predicted octanol–water partition coefficient (Wildman–Crippen LogP) is 3.62. The first-order chi connectivity index (χ1) is 9.40. The molecule has 2 aromatic carbocycles. The molecule has 0 aliphatic heterocycles. The first-order valence-corrected chi connectivity index (χ1v) is 5.99. The van der Waals surface area contributed by atoms with Crippen molar-refractivity contribution in [1.82, 2.24) is 10.2 Å². The van der Waals surface area contributed by atoms with E-state index in [0.29, 0.717) is 11.3 Å². The Hall–Kier alpha value is -2.86. The largest absolute Gasteiger partial charge is 0.276 e. The summed E-state index contributed by atoms with van der Waals surface area (Å²) >= 11 is 0. The molecule has 0 saturated carbocycles. The van der Waals surface area contributed by atoms with Crippen molar-refractivity contribution in [3.63, 3.8) is 0 Å². The molecular weight excluding hydrogens is 234 g/mol. The fraction of sp³-hybridized carbons (Fsp3) is 0. The van der Waals surface area contributed by atoms with E-state index in [1.807, 2.05) is 60.7 Å². The summed E-state index contributed by atoms with van der Waals surface area (Å²) in [6.07, 6.45) is 0. The highest BCUT2D eigenvalue weighted by atomic mass is 15.1. The molecule has 3 rings (SSSR count). The van der Waals surface area contributed by atoms with Crippen LogP contribution in [0.2, 0.25) is 0 Å². The van der Waals surface area contributed by atoms with Gasteiger partial charge in [-0.1, -0.05) is 60.7 Å². The fourth-order valence-corrected chi connectivity index (χ4v) is 2.07. The van der Waals surface area contributed by atoms with E-state index in [1.54, 1.807) is 0 Å². The summed E-state index contributed by atoms with van der Waals surface area (Å²) in [5, 5.41) is 16.7. The molecule has 3 heteroatoms. The molecule has 0 unspecified atom stereocenters. The molecule has 0 radical (unpaired) electrons. The van der Waals surface area contributed by atoms with E-state index in [4.69, 9.17) is 0 Å². The molecule has 19 heavy (non-hydrogen) atoms. The molecule has 0 bridgehead atoms. The molecule has 90 valence electrons. The normalized spacial score (nSPS) is 10.1. The van der Waals surface area contributed by atoms with Crippen LogP contribution in [-0.2, 0) is 0 Å². The van der Waals surface area contributed by atoms with Crippen molar-refractivity contribution in [2.24, 2.45) is 0 Å². The van der Waals surface area contributed by atoms with E-state index in [0.717, 1.165) is 16.8 Å². The van der Waals surface area contributed by atoms with Crippen LogP contribution >= 0.6 is 0 Å². The Balaban J connectivity index is 2.16. The van der Waals surface area contributed by atoms with Crippen molar-refractivity contribution in [1.29, 1.82) is 5.26 Å². The van der Waals surface area contributed by atoms with E-state index < -0.39 is 0 Å². The molecule has 1 aromatic heterocycles. The summed E-state index contributed by atoms with van der Waals surface area (Å²) in [6.45, 7) is 0. The van der Waals surface area contributed by atoms with Gasteiger partial charge in [-0.25, -0.2) is 0 Å². The number of nitrogens with zero attached hydrogens (tertiary/aromatic N) is 2. The maximum absolute atomic E-state index is 9.40. The number of nitriles is 1. The van der Waals surface area contributed by atoms with Crippen LogP contribution in [0.5, 0.6) is 0 Å². The molecule has 1 heterocycles. The van der Waals surface area contributed by atoms with Gasteiger partial charge in [-0.15, -0.1) is 0 Å². The standard InChI is InChI=1S/C16H11N3/c17-11-14-15(12-7-3-1-4-8-12)18-19-16(14)13-9-5-2-6-10-13/h1-10H,(H,18,19). The minimum Gasteiger partial charge on any atom is -0.276 e. The minimum absolute atomic E-state index is 0.581. The number of hydrogen-bond donors (Lipinski definition) is 1. The Morgan fingerprint density at radius 2 is 1.42 bits per heavy atom. The number of rotatable bonds is 2. The van der Waals surface area contributed by atoms with E-state index >= 15 is 0 Å². The summed E-state index contributed by atoms with van der Waals surface area (Å²) in [5.41, 5.74) is 3.95. The number of H-pyrrole nitrogens is 1. The predicted molar refractivity (Wildman–Crippen MR) is 74.2 cm³/mol. The molecule has 3 aromatic rings. The van der Waals surface area contributed by atoms with E-state index in [9.17, 15) is 5.26 Å². The maximum atomic E-state index is 9.40. The van der Waals surface area contributed by atoms with Gasteiger partial charge in [0.05, 0.1) is 5.69 Å². The Labute approximate surface area is 111 Å². The summed E-state index contributed by atoms with van der Waals surface area (Å²) < 4.78 is 0. The lowest BCUT2D eigenvalue weighted by molar-refractivity contribution is 1.10. The van der Waals surface area contributed by atoms with Crippen LogP contribution in [0.1, 0.15) is 5.56 Å². The van der Waals surface area contributed by atoms with Gasteiger partial charge in [-0.3, -0.25) is 5.10 Å². The number of nitrogens with one attached hydrogen (secondary N) is 1. The van der Waals surface area contributed by atoms with Crippen LogP contribution < -0.4 is 0 Å². The molecule has 3 nitrogen and oxygen atoms in total. The second-order valence-corrected chi connectivity index (χ2v) is 4.17. The molecule has 1 N–H and O–H groups in total. The van der Waals surface area contributed by atoms with Gasteiger partial charge < -0.3 is 0 Å². The fourth-order valence-electron chi connectivity index (χ4n) is 2.07. The lowest BCUT2D eigenvalue weighted by Crippen LogP contribution is -1.83. The van der Waals surface area contributed by atoms with Crippen molar-refractivity contribution < 1.29 is 0 Å². The van der Waals surface area contributed by atoms with Gasteiger partial charge in [0.25, 0.3) is 0 Å². The van der Waals surface area contributed by atoms with Crippen LogP contribution in [-0.4, -0.2) is 10.2 Å². The summed E-state index contributed by atoms with van der Waals surface area (Å²) in [7, 11) is 0. The molecule has 0 spiro atoms. The average Bonchev–Trinajstić information content (AvgIpc) is 2.93. The zero-order valence-electron chi connectivity index (χ0n) is 10.2. The van der Waals surface area contributed by atoms with E-state index in [-0.39, 0.29) is 0 Å². The van der Waals surface area contributed by atoms with E-state index in [1.165, 1.54) is 0 Å². The SMILES string of the molecule is N#Cc1c(-c2ccccc2)n[nH]c1-c1ccccc1. The van der Waals surface area contributed by atoms with Crippen LogP contribution in [0.3, 0.4) is 0 Å². The van der Waals surface area contributed by atoms with Gasteiger partial charge in [0, 0.05) is 11.1 Å². The second-order valence-electron chi connectivity index (χ2n) is 4.17. The van der Waals surface area contributed by atoms with Crippen molar-refractivity contribution in [3.8, 4) is 28.6 Å². The van der Waals surface area contributed by atoms with Gasteiger partial charge in [0.15, 0.2) is 0 Å². The van der Waals surface area contributed by atoms with Gasteiger partial charge in [-0.05, 0) is 0 Å². The van der Waals surface area contributed by atoms with E-state index in [2.05, 4.69) is 16.3 Å². The average molecular weight is 245 g/mol. The minimum atomic E-state index is 0.581. The second kappa shape index (κ2) is 4.79. The van der Waals surface area contributed by atoms with Gasteiger partial charge in [-0.2, -0.15) is 10.4 Å². The lowest BCUT2D eigenvalue weighted by Gasteiger charge is -1.98. The Bertz CT molecular complexity index is 665. The lowest BCUT2D eigenvalue weighted by atomic mass is 10.0. The maximum Gasteiger partial charge on any atom is 0.110 e. The molecule has 0 saturated heterocycles. The zero-order chi connectivity index (χ0) is 13.1. The number of hydrogen-bond acceptors (Lipinski definition) is 2. The topological polar surface area (TPSA) is 52.5 Å². The summed E-state index contributed by atoms with van der Waals surface area (Å²) in [6, 6.07) is 21.7. The van der Waals surface area contributed by atoms with Gasteiger partial charge in [0.2, 0.25) is 0 Å². The Morgan fingerprint density at radius 1 is 0.842 bits per heavy atom. The number of aromatic nitrogens is 2. The van der Waals surface area contributed by atoms with Crippen molar-refractivity contribution in [2.45, 2.75) is 0 Å². The molecule has 0 atom stereocenters. The van der Waals surface area contributed by atoms with Gasteiger partial charge in [0.1, 0.15) is 17.3 Å².